The number of amides is 1. The molecule has 1 aromatic heterocycles. The molecule has 1 fully saturated rings. The molecule has 1 amide bonds. The van der Waals surface area contributed by atoms with E-state index in [0.717, 1.165) is 18.5 Å². The highest BCUT2D eigenvalue weighted by atomic mass is 16.5. The lowest BCUT2D eigenvalue weighted by molar-refractivity contribution is 0.0945. The van der Waals surface area contributed by atoms with Crippen molar-refractivity contribution in [3.63, 3.8) is 0 Å². The number of aryl methyl sites for hydroxylation is 1. The Morgan fingerprint density at radius 1 is 1.12 bits per heavy atom. The maximum atomic E-state index is 12.2. The van der Waals surface area contributed by atoms with Gasteiger partial charge in [0.25, 0.3) is 5.91 Å². The van der Waals surface area contributed by atoms with Crippen molar-refractivity contribution in [2.75, 3.05) is 19.5 Å². The predicted molar refractivity (Wildman–Crippen MR) is 90.1 cm³/mol. The van der Waals surface area contributed by atoms with Gasteiger partial charge in [0.15, 0.2) is 11.5 Å². The summed E-state index contributed by atoms with van der Waals surface area (Å²) in [5.74, 6) is 2.17. The van der Waals surface area contributed by atoms with E-state index in [2.05, 4.69) is 20.6 Å². The van der Waals surface area contributed by atoms with Gasteiger partial charge in [0.1, 0.15) is 17.3 Å². The molecule has 7 nitrogen and oxygen atoms in total. The summed E-state index contributed by atoms with van der Waals surface area (Å²) in [6, 6.07) is 7.38. The van der Waals surface area contributed by atoms with Crippen LogP contribution in [0.3, 0.4) is 0 Å². The molecule has 1 heterocycles. The summed E-state index contributed by atoms with van der Waals surface area (Å²) in [7, 11) is 3.17. The van der Waals surface area contributed by atoms with Crippen LogP contribution in [0.4, 0.5) is 11.5 Å². The van der Waals surface area contributed by atoms with E-state index < -0.39 is 0 Å². The largest absolute Gasteiger partial charge is 0.493 e. The van der Waals surface area contributed by atoms with Crippen LogP contribution in [0.15, 0.2) is 24.3 Å². The molecule has 24 heavy (non-hydrogen) atoms. The van der Waals surface area contributed by atoms with E-state index in [-0.39, 0.29) is 11.9 Å². The second kappa shape index (κ2) is 6.74. The van der Waals surface area contributed by atoms with Gasteiger partial charge in [-0.25, -0.2) is 9.97 Å². The zero-order valence-electron chi connectivity index (χ0n) is 13.9. The first-order chi connectivity index (χ1) is 11.6. The van der Waals surface area contributed by atoms with Gasteiger partial charge in [-0.15, -0.1) is 0 Å². The van der Waals surface area contributed by atoms with E-state index in [9.17, 15) is 4.79 Å². The maximum Gasteiger partial charge on any atom is 0.270 e. The number of hydrogen-bond donors (Lipinski definition) is 2. The monoisotopic (exact) mass is 328 g/mol. The summed E-state index contributed by atoms with van der Waals surface area (Å²) in [4.78, 5) is 20.7. The highest BCUT2D eigenvalue weighted by Crippen LogP contribution is 2.31. The first kappa shape index (κ1) is 16.0. The summed E-state index contributed by atoms with van der Waals surface area (Å²) < 4.78 is 10.5. The molecule has 0 atom stereocenters. The Morgan fingerprint density at radius 2 is 1.88 bits per heavy atom. The summed E-state index contributed by atoms with van der Waals surface area (Å²) >= 11 is 0. The van der Waals surface area contributed by atoms with Gasteiger partial charge in [-0.1, -0.05) is 0 Å². The second-order valence-corrected chi connectivity index (χ2v) is 5.63. The number of benzene rings is 1. The molecule has 1 saturated carbocycles. The highest BCUT2D eigenvalue weighted by Gasteiger charge is 2.24. The standard InChI is InChI=1S/C17H20N4O3/c1-10-18-13(17(22)21-11-4-5-11)9-16(19-10)20-12-6-7-14(23-2)15(8-12)24-3/h6-9,11H,4-5H2,1-3H3,(H,21,22)(H,18,19,20). The van der Waals surface area contributed by atoms with Crippen molar-refractivity contribution in [1.82, 2.24) is 15.3 Å². The van der Waals surface area contributed by atoms with Crippen LogP contribution in [-0.4, -0.2) is 36.1 Å². The summed E-state index contributed by atoms with van der Waals surface area (Å²) in [6.45, 7) is 1.76. The molecule has 7 heteroatoms. The van der Waals surface area contributed by atoms with E-state index in [1.54, 1.807) is 39.3 Å². The van der Waals surface area contributed by atoms with Gasteiger partial charge in [0, 0.05) is 23.9 Å². The van der Waals surface area contributed by atoms with Gasteiger partial charge in [-0.3, -0.25) is 4.79 Å². The first-order valence-electron chi connectivity index (χ1n) is 7.74. The smallest absolute Gasteiger partial charge is 0.270 e. The molecule has 1 aliphatic carbocycles. The third kappa shape index (κ3) is 3.73. The Balaban J connectivity index is 1.81. The third-order valence-corrected chi connectivity index (χ3v) is 3.64. The molecule has 2 aromatic rings. The molecule has 0 saturated heterocycles. The van der Waals surface area contributed by atoms with Crippen molar-refractivity contribution < 1.29 is 14.3 Å². The van der Waals surface area contributed by atoms with Crippen molar-refractivity contribution in [3.05, 3.63) is 35.8 Å². The minimum atomic E-state index is -0.168. The quantitative estimate of drug-likeness (QED) is 0.847. The summed E-state index contributed by atoms with van der Waals surface area (Å²) in [6.07, 6.45) is 2.07. The van der Waals surface area contributed by atoms with Crippen LogP contribution in [-0.2, 0) is 0 Å². The number of carbonyl (C=O) groups is 1. The van der Waals surface area contributed by atoms with E-state index in [1.807, 2.05) is 6.07 Å². The number of nitrogens with one attached hydrogen (secondary N) is 2. The van der Waals surface area contributed by atoms with Gasteiger partial charge in [-0.2, -0.15) is 0 Å². The highest BCUT2D eigenvalue weighted by molar-refractivity contribution is 5.93. The fourth-order valence-electron chi connectivity index (χ4n) is 2.30. The van der Waals surface area contributed by atoms with E-state index in [4.69, 9.17) is 9.47 Å². The average Bonchev–Trinajstić information content (AvgIpc) is 3.38. The topological polar surface area (TPSA) is 85.4 Å². The number of ether oxygens (including phenoxy) is 2. The van der Waals surface area contributed by atoms with Gasteiger partial charge < -0.3 is 20.1 Å². The van der Waals surface area contributed by atoms with Crippen LogP contribution in [0.5, 0.6) is 11.5 Å². The molecule has 126 valence electrons. The van der Waals surface area contributed by atoms with Gasteiger partial charge >= 0.3 is 0 Å². The minimum absolute atomic E-state index is 0.168. The number of rotatable bonds is 6. The van der Waals surface area contributed by atoms with Gasteiger partial charge in [0.2, 0.25) is 0 Å². The maximum absolute atomic E-state index is 12.2. The molecule has 0 aliphatic heterocycles. The lowest BCUT2D eigenvalue weighted by Crippen LogP contribution is -2.26. The Labute approximate surface area is 140 Å². The van der Waals surface area contributed by atoms with Gasteiger partial charge in [-0.05, 0) is 31.9 Å². The molecular formula is C17H20N4O3. The van der Waals surface area contributed by atoms with E-state index in [1.165, 1.54) is 0 Å². The number of hydrogen-bond acceptors (Lipinski definition) is 6. The van der Waals surface area contributed by atoms with Crippen LogP contribution >= 0.6 is 0 Å². The zero-order valence-corrected chi connectivity index (χ0v) is 13.9. The van der Waals surface area contributed by atoms with Gasteiger partial charge in [0.05, 0.1) is 14.2 Å². The van der Waals surface area contributed by atoms with Crippen LogP contribution in [0, 0.1) is 6.92 Å². The SMILES string of the molecule is COc1ccc(Nc2cc(C(=O)NC3CC3)nc(C)n2)cc1OC. The van der Waals surface area contributed by atoms with Crippen molar-refractivity contribution >= 4 is 17.4 Å². The van der Waals surface area contributed by atoms with Crippen LogP contribution in [0.1, 0.15) is 29.2 Å². The Morgan fingerprint density at radius 3 is 2.54 bits per heavy atom. The molecule has 1 aromatic carbocycles. The lowest BCUT2D eigenvalue weighted by atomic mass is 10.2. The van der Waals surface area contributed by atoms with E-state index >= 15 is 0 Å². The average molecular weight is 328 g/mol. The van der Waals surface area contributed by atoms with Crippen LogP contribution in [0.2, 0.25) is 0 Å². The molecule has 0 unspecified atom stereocenters. The number of nitrogens with zero attached hydrogens (tertiary/aromatic N) is 2. The van der Waals surface area contributed by atoms with Crippen molar-refractivity contribution in [1.29, 1.82) is 0 Å². The third-order valence-electron chi connectivity index (χ3n) is 3.64. The Hall–Kier alpha value is -2.83. The summed E-state index contributed by atoms with van der Waals surface area (Å²) in [5.41, 5.74) is 1.14. The van der Waals surface area contributed by atoms with Crippen LogP contribution in [0.25, 0.3) is 0 Å². The molecule has 2 N–H and O–H groups in total. The van der Waals surface area contributed by atoms with Crippen LogP contribution < -0.4 is 20.1 Å². The predicted octanol–water partition coefficient (Wildman–Crippen LogP) is 2.44. The Bertz CT molecular complexity index is 759. The number of carbonyl (C=O) groups excluding carboxylic acids is 1. The fourth-order valence-corrected chi connectivity index (χ4v) is 2.30. The molecule has 3 rings (SSSR count). The number of anilines is 2. The lowest BCUT2D eigenvalue weighted by Gasteiger charge is -2.12. The second-order valence-electron chi connectivity index (χ2n) is 5.63. The summed E-state index contributed by atoms with van der Waals surface area (Å²) in [5, 5.41) is 6.10. The zero-order chi connectivity index (χ0) is 17.1. The van der Waals surface area contributed by atoms with E-state index in [0.29, 0.717) is 28.8 Å². The Kier molecular flexibility index (Phi) is 4.50. The molecule has 1 aliphatic rings. The molecular weight excluding hydrogens is 308 g/mol. The number of aromatic nitrogens is 2. The van der Waals surface area contributed by atoms with Crippen molar-refractivity contribution in [3.8, 4) is 11.5 Å². The number of methoxy groups -OCH3 is 2. The van der Waals surface area contributed by atoms with Crippen molar-refractivity contribution in [2.24, 2.45) is 0 Å². The normalized spacial score (nSPS) is 13.3. The minimum Gasteiger partial charge on any atom is -0.493 e. The fraction of sp³-hybridized carbons (Fsp3) is 0.353. The molecule has 0 bridgehead atoms. The van der Waals surface area contributed by atoms with Crippen molar-refractivity contribution in [2.45, 2.75) is 25.8 Å². The molecule has 0 radical (unpaired) electrons. The first-order valence-corrected chi connectivity index (χ1v) is 7.74. The molecule has 0 spiro atoms.